The zero-order chi connectivity index (χ0) is 16.5. The standard InChI is InChI=1S/C18H27NO4/c1-2-23-18(21)16-8-10-19(11-9-16)12-17(20)14-22-13-15-6-4-3-5-7-15/h3-7,16-17,20H,2,8-14H2,1H3/t17-/m1/s1. The molecule has 0 unspecified atom stereocenters. The SMILES string of the molecule is CCOC(=O)C1CCN(C[C@@H](O)COCc2ccccc2)CC1. The summed E-state index contributed by atoms with van der Waals surface area (Å²) in [7, 11) is 0. The lowest BCUT2D eigenvalue weighted by molar-refractivity contribution is -0.149. The second-order valence-corrected chi connectivity index (χ2v) is 5.98. The Hall–Kier alpha value is -1.43. The predicted octanol–water partition coefficient (Wildman–Crippen LogP) is 1.84. The summed E-state index contributed by atoms with van der Waals surface area (Å²) < 4.78 is 10.6. The number of ether oxygens (including phenoxy) is 2. The number of piperidine rings is 1. The van der Waals surface area contributed by atoms with Gasteiger partial charge in [0, 0.05) is 6.54 Å². The van der Waals surface area contributed by atoms with Gasteiger partial charge in [-0.05, 0) is 38.4 Å². The summed E-state index contributed by atoms with van der Waals surface area (Å²) >= 11 is 0. The van der Waals surface area contributed by atoms with Gasteiger partial charge in [-0.15, -0.1) is 0 Å². The van der Waals surface area contributed by atoms with Crippen LogP contribution in [-0.2, 0) is 20.9 Å². The van der Waals surface area contributed by atoms with Gasteiger partial charge in [0.1, 0.15) is 0 Å². The average Bonchev–Trinajstić information content (AvgIpc) is 2.57. The van der Waals surface area contributed by atoms with Crippen molar-refractivity contribution < 1.29 is 19.4 Å². The van der Waals surface area contributed by atoms with E-state index in [1.165, 1.54) is 0 Å². The van der Waals surface area contributed by atoms with E-state index < -0.39 is 6.10 Å². The summed E-state index contributed by atoms with van der Waals surface area (Å²) in [5.74, 6) is -0.0726. The van der Waals surface area contributed by atoms with Crippen molar-refractivity contribution in [3.05, 3.63) is 35.9 Å². The van der Waals surface area contributed by atoms with Crippen LogP contribution >= 0.6 is 0 Å². The Labute approximate surface area is 138 Å². The maximum atomic E-state index is 11.7. The molecule has 0 aliphatic carbocycles. The lowest BCUT2D eigenvalue weighted by atomic mass is 9.97. The minimum atomic E-state index is -0.502. The van der Waals surface area contributed by atoms with Crippen molar-refractivity contribution in [1.82, 2.24) is 4.90 Å². The molecular formula is C18H27NO4. The van der Waals surface area contributed by atoms with E-state index in [-0.39, 0.29) is 11.9 Å². The van der Waals surface area contributed by atoms with E-state index in [9.17, 15) is 9.90 Å². The van der Waals surface area contributed by atoms with Crippen LogP contribution in [0.15, 0.2) is 30.3 Å². The summed E-state index contributed by atoms with van der Waals surface area (Å²) in [6.45, 7) is 5.34. The van der Waals surface area contributed by atoms with Gasteiger partial charge >= 0.3 is 5.97 Å². The molecule has 0 radical (unpaired) electrons. The fraction of sp³-hybridized carbons (Fsp3) is 0.611. The van der Waals surface area contributed by atoms with Gasteiger partial charge in [0.2, 0.25) is 0 Å². The van der Waals surface area contributed by atoms with Crippen LogP contribution in [0.1, 0.15) is 25.3 Å². The van der Waals surface area contributed by atoms with E-state index >= 15 is 0 Å². The van der Waals surface area contributed by atoms with Gasteiger partial charge in [-0.1, -0.05) is 30.3 Å². The molecule has 1 heterocycles. The molecule has 0 spiro atoms. The Morgan fingerprint density at radius 3 is 2.65 bits per heavy atom. The quantitative estimate of drug-likeness (QED) is 0.740. The summed E-state index contributed by atoms with van der Waals surface area (Å²) in [5.41, 5.74) is 1.11. The minimum Gasteiger partial charge on any atom is -0.466 e. The first-order chi connectivity index (χ1) is 11.2. The summed E-state index contributed by atoms with van der Waals surface area (Å²) in [4.78, 5) is 13.9. The number of carbonyl (C=O) groups is 1. The van der Waals surface area contributed by atoms with Gasteiger partial charge in [0.05, 0.1) is 31.8 Å². The van der Waals surface area contributed by atoms with Crippen LogP contribution in [-0.4, -0.2) is 54.9 Å². The van der Waals surface area contributed by atoms with Gasteiger partial charge in [0.25, 0.3) is 0 Å². The normalized spacial score (nSPS) is 17.8. The van der Waals surface area contributed by atoms with E-state index in [0.29, 0.717) is 26.4 Å². The van der Waals surface area contributed by atoms with Gasteiger partial charge in [0.15, 0.2) is 0 Å². The van der Waals surface area contributed by atoms with E-state index in [0.717, 1.165) is 31.5 Å². The predicted molar refractivity (Wildman–Crippen MR) is 87.9 cm³/mol. The molecule has 0 bridgehead atoms. The number of β-amino-alcohol motifs (C(OH)–C–C–N with tert-alkyl or cyclic N) is 1. The number of carbonyl (C=O) groups excluding carboxylic acids is 1. The Bertz CT molecular complexity index is 457. The second-order valence-electron chi connectivity index (χ2n) is 5.98. The lowest BCUT2D eigenvalue weighted by Crippen LogP contribution is -2.41. The van der Waals surface area contributed by atoms with E-state index in [4.69, 9.17) is 9.47 Å². The molecule has 5 heteroatoms. The Morgan fingerprint density at radius 2 is 2.00 bits per heavy atom. The first-order valence-corrected chi connectivity index (χ1v) is 8.37. The molecule has 1 saturated heterocycles. The van der Waals surface area contributed by atoms with Crippen molar-refractivity contribution in [2.45, 2.75) is 32.5 Å². The smallest absolute Gasteiger partial charge is 0.309 e. The Kier molecular flexibility index (Phi) is 7.52. The number of nitrogens with zero attached hydrogens (tertiary/aromatic N) is 1. The third kappa shape index (κ3) is 6.29. The fourth-order valence-electron chi connectivity index (χ4n) is 2.85. The van der Waals surface area contributed by atoms with Crippen LogP contribution in [0, 0.1) is 5.92 Å². The highest BCUT2D eigenvalue weighted by Gasteiger charge is 2.26. The number of hydrogen-bond acceptors (Lipinski definition) is 5. The molecule has 1 aromatic carbocycles. The van der Waals surface area contributed by atoms with E-state index in [2.05, 4.69) is 4.90 Å². The van der Waals surface area contributed by atoms with Crippen molar-refractivity contribution in [2.24, 2.45) is 5.92 Å². The van der Waals surface area contributed by atoms with Gasteiger partial charge in [-0.2, -0.15) is 0 Å². The molecule has 0 aromatic heterocycles. The van der Waals surface area contributed by atoms with Crippen LogP contribution in [0.4, 0.5) is 0 Å². The van der Waals surface area contributed by atoms with Crippen molar-refractivity contribution in [2.75, 3.05) is 32.8 Å². The number of aliphatic hydroxyl groups excluding tert-OH is 1. The molecule has 128 valence electrons. The third-order valence-electron chi connectivity index (χ3n) is 4.10. The zero-order valence-corrected chi connectivity index (χ0v) is 13.8. The second kappa shape index (κ2) is 9.65. The number of rotatable bonds is 8. The number of likely N-dealkylation sites (tertiary alicyclic amines) is 1. The Balaban J connectivity index is 1.61. The molecule has 1 aliphatic heterocycles. The molecule has 23 heavy (non-hydrogen) atoms. The summed E-state index contributed by atoms with van der Waals surface area (Å²) in [5, 5.41) is 10.1. The zero-order valence-electron chi connectivity index (χ0n) is 13.8. The van der Waals surface area contributed by atoms with E-state index in [1.807, 2.05) is 37.3 Å². The van der Waals surface area contributed by atoms with E-state index in [1.54, 1.807) is 0 Å². The largest absolute Gasteiger partial charge is 0.466 e. The molecule has 2 rings (SSSR count). The first kappa shape index (κ1) is 17.9. The number of esters is 1. The molecule has 1 atom stereocenters. The number of hydrogen-bond donors (Lipinski definition) is 1. The monoisotopic (exact) mass is 321 g/mol. The van der Waals surface area contributed by atoms with Crippen molar-refractivity contribution in [3.63, 3.8) is 0 Å². The topological polar surface area (TPSA) is 59.0 Å². The molecule has 1 fully saturated rings. The Morgan fingerprint density at radius 1 is 1.30 bits per heavy atom. The molecule has 0 amide bonds. The van der Waals surface area contributed by atoms with Crippen molar-refractivity contribution >= 4 is 5.97 Å². The highest BCUT2D eigenvalue weighted by Crippen LogP contribution is 2.18. The lowest BCUT2D eigenvalue weighted by Gasteiger charge is -2.32. The van der Waals surface area contributed by atoms with Gasteiger partial charge in [-0.25, -0.2) is 0 Å². The molecule has 0 saturated carbocycles. The maximum Gasteiger partial charge on any atom is 0.309 e. The fourth-order valence-corrected chi connectivity index (χ4v) is 2.85. The highest BCUT2D eigenvalue weighted by atomic mass is 16.5. The van der Waals surface area contributed by atoms with Crippen LogP contribution in [0.3, 0.4) is 0 Å². The molecule has 1 aromatic rings. The third-order valence-corrected chi connectivity index (χ3v) is 4.10. The molecule has 1 N–H and O–H groups in total. The van der Waals surface area contributed by atoms with Crippen LogP contribution < -0.4 is 0 Å². The summed E-state index contributed by atoms with van der Waals surface area (Å²) in [6, 6.07) is 9.93. The highest BCUT2D eigenvalue weighted by molar-refractivity contribution is 5.72. The van der Waals surface area contributed by atoms with Crippen LogP contribution in [0.5, 0.6) is 0 Å². The molecule has 5 nitrogen and oxygen atoms in total. The first-order valence-electron chi connectivity index (χ1n) is 8.37. The molecular weight excluding hydrogens is 294 g/mol. The number of benzene rings is 1. The van der Waals surface area contributed by atoms with Gasteiger partial charge < -0.3 is 19.5 Å². The molecule has 1 aliphatic rings. The van der Waals surface area contributed by atoms with Crippen molar-refractivity contribution in [3.8, 4) is 0 Å². The van der Waals surface area contributed by atoms with Crippen LogP contribution in [0.25, 0.3) is 0 Å². The minimum absolute atomic E-state index is 0.0117. The average molecular weight is 321 g/mol. The summed E-state index contributed by atoms with van der Waals surface area (Å²) in [6.07, 6.45) is 1.10. The van der Waals surface area contributed by atoms with Crippen LogP contribution in [0.2, 0.25) is 0 Å². The van der Waals surface area contributed by atoms with Gasteiger partial charge in [-0.3, -0.25) is 4.79 Å². The number of aliphatic hydroxyl groups is 1. The van der Waals surface area contributed by atoms with Crippen molar-refractivity contribution in [1.29, 1.82) is 0 Å². The maximum absolute atomic E-state index is 11.7.